The lowest BCUT2D eigenvalue weighted by Crippen LogP contribution is -2.84. The monoisotopic (exact) mass is 378 g/mol. The number of halogens is 6. The van der Waals surface area contributed by atoms with Crippen LogP contribution in [0.3, 0.4) is 0 Å². The molecular weight excluding hydrogens is 362 g/mol. The Morgan fingerprint density at radius 1 is 0.583 bits per heavy atom. The molecule has 0 aliphatic heterocycles. The van der Waals surface area contributed by atoms with E-state index in [0.29, 0.717) is 6.55 Å². The van der Waals surface area contributed by atoms with Gasteiger partial charge in [-0.2, -0.15) is 26.3 Å². The van der Waals surface area contributed by atoms with E-state index in [0.717, 1.165) is 0 Å². The highest BCUT2D eigenvalue weighted by Crippen LogP contribution is 2.46. The molecule has 0 nitrogen and oxygen atoms in total. The van der Waals surface area contributed by atoms with Crippen molar-refractivity contribution < 1.29 is 26.3 Å². The smallest absolute Gasteiger partial charge is 0.177 e. The maximum Gasteiger partial charge on any atom is 0.370 e. The fourth-order valence-corrected chi connectivity index (χ4v) is 15.5. The van der Waals surface area contributed by atoms with Gasteiger partial charge < -0.3 is 0 Å². The summed E-state index contributed by atoms with van der Waals surface area (Å²) in [7, 11) is -9.89. The zero-order chi connectivity index (χ0) is 18.2. The van der Waals surface area contributed by atoms with Crippen molar-refractivity contribution in [1.82, 2.24) is 0 Å². The first-order chi connectivity index (χ1) is 11.0. The summed E-state index contributed by atoms with van der Waals surface area (Å²) in [5.41, 5.74) is 0. The third kappa shape index (κ3) is 2.71. The molecular formula is C16H16F6Si2. The molecule has 0 unspecified atom stereocenters. The van der Waals surface area contributed by atoms with Crippen molar-refractivity contribution in [1.29, 1.82) is 0 Å². The average Bonchev–Trinajstić information content (AvgIpc) is 2.53. The first kappa shape index (κ1) is 18.8. The molecule has 0 amide bonds. The molecule has 0 heterocycles. The second-order valence-electron chi connectivity index (χ2n) is 5.98. The van der Waals surface area contributed by atoms with Crippen LogP contribution in [0, 0.1) is 0 Å². The second-order valence-corrected chi connectivity index (χ2v) is 18.8. The lowest BCUT2D eigenvalue weighted by atomic mass is 10.4. The van der Waals surface area contributed by atoms with Gasteiger partial charge >= 0.3 is 19.2 Å². The van der Waals surface area contributed by atoms with E-state index in [1.54, 1.807) is 12.1 Å². The van der Waals surface area contributed by atoms with E-state index < -0.39 is 26.8 Å². The SMILES string of the molecule is C[Si](c1ccccc1)(c1ccccc1)[Si](C)(C(F)(F)F)C(F)(F)F. The first-order valence-electron chi connectivity index (χ1n) is 7.21. The Labute approximate surface area is 137 Å². The summed E-state index contributed by atoms with van der Waals surface area (Å²) in [6.07, 6.45) is 0. The summed E-state index contributed by atoms with van der Waals surface area (Å²) in [6, 6.07) is 14.7. The van der Waals surface area contributed by atoms with Crippen LogP contribution in [-0.2, 0) is 0 Å². The van der Waals surface area contributed by atoms with Gasteiger partial charge in [-0.1, -0.05) is 84.1 Å². The van der Waals surface area contributed by atoms with Gasteiger partial charge in [0.1, 0.15) is 7.59 Å². The van der Waals surface area contributed by atoms with Crippen LogP contribution in [0.5, 0.6) is 0 Å². The lowest BCUT2D eigenvalue weighted by Gasteiger charge is -2.45. The fourth-order valence-electron chi connectivity index (χ4n) is 3.01. The fraction of sp³-hybridized carbons (Fsp3) is 0.250. The van der Waals surface area contributed by atoms with Crippen molar-refractivity contribution >= 4 is 25.6 Å². The summed E-state index contributed by atoms with van der Waals surface area (Å²) in [6.45, 7) is 1.63. The average molecular weight is 378 g/mol. The Morgan fingerprint density at radius 2 is 0.875 bits per heavy atom. The molecule has 2 aromatic carbocycles. The van der Waals surface area contributed by atoms with Crippen LogP contribution in [0.1, 0.15) is 0 Å². The van der Waals surface area contributed by atoms with Crippen molar-refractivity contribution in [3.8, 4) is 0 Å². The van der Waals surface area contributed by atoms with Gasteiger partial charge in [0.2, 0.25) is 0 Å². The van der Waals surface area contributed by atoms with E-state index >= 15 is 0 Å². The maximum atomic E-state index is 13.8. The predicted molar refractivity (Wildman–Crippen MR) is 87.5 cm³/mol. The minimum Gasteiger partial charge on any atom is -0.177 e. The summed E-state index contributed by atoms with van der Waals surface area (Å²) in [5, 5.41) is 0.306. The molecule has 8 heteroatoms. The number of hydrogen-bond acceptors (Lipinski definition) is 0. The van der Waals surface area contributed by atoms with Crippen LogP contribution in [-0.4, -0.2) is 26.8 Å². The summed E-state index contributed by atoms with van der Waals surface area (Å²) < 4.78 is 83.1. The topological polar surface area (TPSA) is 0 Å². The molecule has 24 heavy (non-hydrogen) atoms. The van der Waals surface area contributed by atoms with E-state index in [2.05, 4.69) is 0 Å². The number of benzene rings is 2. The minimum absolute atomic E-state index is 0.153. The highest BCUT2D eigenvalue weighted by molar-refractivity contribution is 7.52. The van der Waals surface area contributed by atoms with E-state index in [9.17, 15) is 26.3 Å². The van der Waals surface area contributed by atoms with Crippen LogP contribution in [0.4, 0.5) is 26.3 Å². The van der Waals surface area contributed by atoms with Crippen molar-refractivity contribution in [2.75, 3.05) is 0 Å². The Bertz CT molecular complexity index is 626. The van der Waals surface area contributed by atoms with Crippen LogP contribution >= 0.6 is 0 Å². The number of rotatable bonds is 3. The molecule has 0 N–H and O–H groups in total. The highest BCUT2D eigenvalue weighted by Gasteiger charge is 2.79. The molecule has 2 rings (SSSR count). The molecule has 0 aromatic heterocycles. The van der Waals surface area contributed by atoms with Gasteiger partial charge in [0, 0.05) is 0 Å². The summed E-state index contributed by atoms with van der Waals surface area (Å²) >= 11 is 0. The molecule has 130 valence electrons. The quantitative estimate of drug-likeness (QED) is 0.554. The van der Waals surface area contributed by atoms with Crippen molar-refractivity contribution in [2.24, 2.45) is 0 Å². The Hall–Kier alpha value is -1.55. The van der Waals surface area contributed by atoms with E-state index in [1.165, 1.54) is 55.1 Å². The largest absolute Gasteiger partial charge is 0.370 e. The molecule has 0 fully saturated rings. The Morgan fingerprint density at radius 3 is 1.12 bits per heavy atom. The van der Waals surface area contributed by atoms with Gasteiger partial charge in [-0.3, -0.25) is 0 Å². The minimum atomic E-state index is -5.75. The van der Waals surface area contributed by atoms with Crippen molar-refractivity contribution in [3.05, 3.63) is 60.7 Å². The molecule has 0 spiro atoms. The Balaban J connectivity index is 2.90. The molecule has 0 saturated carbocycles. The second kappa shape index (κ2) is 6.07. The molecule has 0 bridgehead atoms. The molecule has 0 radical (unpaired) electrons. The normalized spacial score (nSPS) is 13.8. The van der Waals surface area contributed by atoms with Gasteiger partial charge in [0.25, 0.3) is 0 Å². The maximum absolute atomic E-state index is 13.8. The summed E-state index contributed by atoms with van der Waals surface area (Å²) in [5.74, 6) is -10.6. The lowest BCUT2D eigenvalue weighted by molar-refractivity contribution is -0.107. The van der Waals surface area contributed by atoms with E-state index in [-0.39, 0.29) is 10.4 Å². The van der Waals surface area contributed by atoms with Crippen LogP contribution in [0.15, 0.2) is 60.7 Å². The molecule has 0 aliphatic rings. The third-order valence-electron chi connectivity index (χ3n) is 4.84. The van der Waals surface area contributed by atoms with Crippen molar-refractivity contribution in [3.63, 3.8) is 0 Å². The van der Waals surface area contributed by atoms with Gasteiger partial charge in [-0.15, -0.1) is 0 Å². The van der Waals surface area contributed by atoms with Gasteiger partial charge in [0.15, 0.2) is 0 Å². The highest BCUT2D eigenvalue weighted by atomic mass is 29.3. The van der Waals surface area contributed by atoms with Gasteiger partial charge in [-0.25, -0.2) is 0 Å². The number of hydrogen-bond donors (Lipinski definition) is 0. The van der Waals surface area contributed by atoms with Gasteiger partial charge in [0.05, 0.1) is 0 Å². The molecule has 0 aliphatic carbocycles. The van der Waals surface area contributed by atoms with Crippen LogP contribution < -0.4 is 10.4 Å². The number of alkyl halides is 6. The third-order valence-corrected chi connectivity index (χ3v) is 21.5. The standard InChI is InChI=1S/C16H16F6Si2/c1-23(13-9-5-3-6-10-13,14-11-7-4-8-12-14)24(2,15(17,18)19)16(20,21)22/h3-12H,1-2H3. The van der Waals surface area contributed by atoms with Crippen molar-refractivity contribution in [2.45, 2.75) is 24.7 Å². The Kier molecular flexibility index (Phi) is 4.75. The van der Waals surface area contributed by atoms with Crippen LogP contribution in [0.2, 0.25) is 13.1 Å². The molecule has 2 aromatic rings. The van der Waals surface area contributed by atoms with E-state index in [4.69, 9.17) is 0 Å². The zero-order valence-electron chi connectivity index (χ0n) is 13.0. The van der Waals surface area contributed by atoms with E-state index in [1.807, 2.05) is 0 Å². The summed E-state index contributed by atoms with van der Waals surface area (Å²) in [4.78, 5) is 0. The van der Waals surface area contributed by atoms with Crippen LogP contribution in [0.25, 0.3) is 0 Å². The van der Waals surface area contributed by atoms with Gasteiger partial charge in [-0.05, 0) is 0 Å². The predicted octanol–water partition coefficient (Wildman–Crippen LogP) is 4.24. The first-order valence-corrected chi connectivity index (χ1v) is 13.2. The molecule has 0 saturated heterocycles. The molecule has 0 atom stereocenters. The zero-order valence-corrected chi connectivity index (χ0v) is 15.0.